The van der Waals surface area contributed by atoms with E-state index in [0.29, 0.717) is 0 Å². The Hall–Kier alpha value is -1.64. The van der Waals surface area contributed by atoms with Crippen molar-refractivity contribution in [3.63, 3.8) is 0 Å². The molecule has 0 heterocycles. The van der Waals surface area contributed by atoms with Gasteiger partial charge < -0.3 is 15.9 Å². The first kappa shape index (κ1) is 11.4. The monoisotopic (exact) mass is 210 g/mol. The van der Waals surface area contributed by atoms with Gasteiger partial charge in [-0.1, -0.05) is 6.07 Å². The number of rotatable bonds is 2. The van der Waals surface area contributed by atoms with Crippen molar-refractivity contribution in [2.45, 2.75) is 19.1 Å². The van der Waals surface area contributed by atoms with Crippen molar-refractivity contribution in [3.8, 4) is 6.07 Å². The van der Waals surface area contributed by atoms with E-state index in [1.54, 1.807) is 0 Å². The Morgan fingerprint density at radius 3 is 2.60 bits per heavy atom. The van der Waals surface area contributed by atoms with Crippen LogP contribution in [0.25, 0.3) is 0 Å². The van der Waals surface area contributed by atoms with Crippen LogP contribution in [0, 0.1) is 24.1 Å². The molecule has 2 atom stereocenters. The molecule has 1 aromatic rings. The highest BCUT2D eigenvalue weighted by Crippen LogP contribution is 2.25. The largest absolute Gasteiger partial charge is 0.398 e. The van der Waals surface area contributed by atoms with E-state index in [-0.39, 0.29) is 16.8 Å². The molecule has 0 spiro atoms. The average Bonchev–Trinajstić information content (AvgIpc) is 2.24. The molecule has 0 amide bonds. The zero-order valence-electron chi connectivity index (χ0n) is 8.11. The Labute approximate surface area is 86.4 Å². The van der Waals surface area contributed by atoms with Crippen LogP contribution in [0.4, 0.5) is 10.1 Å². The first-order chi connectivity index (χ1) is 6.99. The summed E-state index contributed by atoms with van der Waals surface area (Å²) < 4.78 is 13.5. The lowest BCUT2D eigenvalue weighted by atomic mass is 10.0. The normalized spacial score (nSPS) is 14.3. The molecule has 1 aromatic carbocycles. The van der Waals surface area contributed by atoms with Crippen molar-refractivity contribution >= 4 is 5.69 Å². The molecule has 5 heteroatoms. The third-order valence-corrected chi connectivity index (χ3v) is 2.21. The van der Waals surface area contributed by atoms with Gasteiger partial charge in [0.15, 0.2) is 6.10 Å². The van der Waals surface area contributed by atoms with Gasteiger partial charge in [-0.2, -0.15) is 5.26 Å². The van der Waals surface area contributed by atoms with Crippen LogP contribution in [0.15, 0.2) is 12.1 Å². The minimum atomic E-state index is -1.65. The van der Waals surface area contributed by atoms with Gasteiger partial charge in [0.25, 0.3) is 0 Å². The molecule has 0 aliphatic heterocycles. The van der Waals surface area contributed by atoms with E-state index in [2.05, 4.69) is 0 Å². The maximum atomic E-state index is 13.5. The minimum absolute atomic E-state index is 0.129. The summed E-state index contributed by atoms with van der Waals surface area (Å²) in [5.41, 5.74) is 5.77. The molecule has 1 rings (SSSR count). The number of nitriles is 1. The van der Waals surface area contributed by atoms with Crippen LogP contribution in [0.5, 0.6) is 0 Å². The lowest BCUT2D eigenvalue weighted by Gasteiger charge is -2.14. The number of benzene rings is 1. The van der Waals surface area contributed by atoms with E-state index in [9.17, 15) is 9.50 Å². The van der Waals surface area contributed by atoms with Gasteiger partial charge in [-0.3, -0.25) is 0 Å². The summed E-state index contributed by atoms with van der Waals surface area (Å²) in [5, 5.41) is 26.9. The predicted octanol–water partition coefficient (Wildman–Crippen LogP) is 0.634. The Bertz CT molecular complexity index is 415. The van der Waals surface area contributed by atoms with Crippen molar-refractivity contribution in [3.05, 3.63) is 29.1 Å². The number of nitrogens with two attached hydrogens (primary N) is 1. The molecule has 0 fully saturated rings. The summed E-state index contributed by atoms with van der Waals surface area (Å²) in [6.07, 6.45) is -3.21. The smallest absolute Gasteiger partial charge is 0.170 e. The number of nitrogen functional groups attached to an aromatic ring is 1. The highest BCUT2D eigenvalue weighted by Gasteiger charge is 2.22. The first-order valence-corrected chi connectivity index (χ1v) is 4.29. The standard InChI is InChI=1S/C10H11FN2O2/c1-5-7(13)3-2-6(9(5)11)10(15)8(14)4-12/h2-3,8,10,14-15H,13H2,1H3. The molecule has 15 heavy (non-hydrogen) atoms. The van der Waals surface area contributed by atoms with Crippen LogP contribution in [0.1, 0.15) is 17.2 Å². The second-order valence-corrected chi connectivity index (χ2v) is 3.20. The van der Waals surface area contributed by atoms with E-state index >= 15 is 0 Å². The summed E-state index contributed by atoms with van der Waals surface area (Å²) in [7, 11) is 0. The van der Waals surface area contributed by atoms with Crippen LogP contribution < -0.4 is 5.73 Å². The third kappa shape index (κ3) is 2.06. The zero-order valence-corrected chi connectivity index (χ0v) is 8.11. The molecule has 0 aromatic heterocycles. The molecule has 2 unspecified atom stereocenters. The van der Waals surface area contributed by atoms with Gasteiger partial charge in [0.2, 0.25) is 0 Å². The summed E-state index contributed by atoms with van der Waals surface area (Å²) in [6.45, 7) is 1.46. The highest BCUT2D eigenvalue weighted by atomic mass is 19.1. The Morgan fingerprint density at radius 2 is 2.07 bits per heavy atom. The van der Waals surface area contributed by atoms with Crippen molar-refractivity contribution in [1.29, 1.82) is 5.26 Å². The van der Waals surface area contributed by atoms with Crippen LogP contribution >= 0.6 is 0 Å². The molecule has 0 aliphatic rings. The van der Waals surface area contributed by atoms with Gasteiger partial charge in [0.05, 0.1) is 6.07 Å². The lowest BCUT2D eigenvalue weighted by molar-refractivity contribution is 0.0502. The maximum Gasteiger partial charge on any atom is 0.170 e. The molecular formula is C10H11FN2O2. The van der Waals surface area contributed by atoms with Gasteiger partial charge in [0, 0.05) is 16.8 Å². The van der Waals surface area contributed by atoms with Crippen molar-refractivity contribution < 1.29 is 14.6 Å². The quantitative estimate of drug-likeness (QED) is 0.493. The van der Waals surface area contributed by atoms with Crippen molar-refractivity contribution in [2.75, 3.05) is 5.73 Å². The Balaban J connectivity index is 3.17. The van der Waals surface area contributed by atoms with Gasteiger partial charge in [0.1, 0.15) is 11.9 Å². The van der Waals surface area contributed by atoms with Crippen LogP contribution in [-0.4, -0.2) is 16.3 Å². The number of nitrogens with zero attached hydrogens (tertiary/aromatic N) is 1. The molecule has 0 saturated heterocycles. The van der Waals surface area contributed by atoms with E-state index in [0.717, 1.165) is 0 Å². The van der Waals surface area contributed by atoms with Gasteiger partial charge in [-0.25, -0.2) is 4.39 Å². The first-order valence-electron chi connectivity index (χ1n) is 4.29. The van der Waals surface area contributed by atoms with Crippen molar-refractivity contribution in [1.82, 2.24) is 0 Å². The summed E-state index contributed by atoms with van der Waals surface area (Å²) in [6, 6.07) is 4.10. The number of aliphatic hydroxyl groups is 2. The van der Waals surface area contributed by atoms with Crippen LogP contribution in [0.3, 0.4) is 0 Å². The van der Waals surface area contributed by atoms with Crippen LogP contribution in [0.2, 0.25) is 0 Å². The lowest BCUT2D eigenvalue weighted by Crippen LogP contribution is -2.17. The van der Waals surface area contributed by atoms with Crippen molar-refractivity contribution in [2.24, 2.45) is 0 Å². The number of aliphatic hydroxyl groups excluding tert-OH is 2. The van der Waals surface area contributed by atoms with E-state index in [1.807, 2.05) is 0 Å². The van der Waals surface area contributed by atoms with Gasteiger partial charge in [-0.15, -0.1) is 0 Å². The predicted molar refractivity (Wildman–Crippen MR) is 52.1 cm³/mol. The van der Waals surface area contributed by atoms with E-state index in [1.165, 1.54) is 25.1 Å². The van der Waals surface area contributed by atoms with E-state index < -0.39 is 18.0 Å². The fraction of sp³-hybridized carbons (Fsp3) is 0.300. The summed E-state index contributed by atoms with van der Waals surface area (Å²) in [4.78, 5) is 0. The molecule has 0 bridgehead atoms. The summed E-state index contributed by atoms with van der Waals surface area (Å²) in [5.74, 6) is -0.697. The minimum Gasteiger partial charge on any atom is -0.398 e. The Morgan fingerprint density at radius 1 is 1.47 bits per heavy atom. The maximum absolute atomic E-state index is 13.5. The molecule has 0 saturated carbocycles. The molecule has 0 radical (unpaired) electrons. The number of hydrogen-bond acceptors (Lipinski definition) is 4. The SMILES string of the molecule is Cc1c(N)ccc(C(O)C(O)C#N)c1F. The van der Waals surface area contributed by atoms with Gasteiger partial charge in [-0.05, 0) is 13.0 Å². The number of anilines is 1. The second-order valence-electron chi connectivity index (χ2n) is 3.20. The number of halogens is 1. The molecule has 80 valence electrons. The van der Waals surface area contributed by atoms with Gasteiger partial charge >= 0.3 is 0 Å². The summed E-state index contributed by atoms with van der Waals surface area (Å²) >= 11 is 0. The average molecular weight is 210 g/mol. The van der Waals surface area contributed by atoms with E-state index in [4.69, 9.17) is 16.1 Å². The zero-order chi connectivity index (χ0) is 11.6. The fourth-order valence-electron chi connectivity index (χ4n) is 1.19. The molecule has 4 nitrogen and oxygen atoms in total. The third-order valence-electron chi connectivity index (χ3n) is 2.21. The molecule has 4 N–H and O–H groups in total. The highest BCUT2D eigenvalue weighted by molar-refractivity contribution is 5.49. The molecular weight excluding hydrogens is 199 g/mol. The Kier molecular flexibility index (Phi) is 3.24. The number of hydrogen-bond donors (Lipinski definition) is 3. The second kappa shape index (κ2) is 4.26. The topological polar surface area (TPSA) is 90.3 Å². The molecule has 0 aliphatic carbocycles. The van der Waals surface area contributed by atoms with Crippen LogP contribution in [-0.2, 0) is 0 Å². The fourth-order valence-corrected chi connectivity index (χ4v) is 1.19.